The van der Waals surface area contributed by atoms with Crippen LogP contribution < -0.4 is 10.9 Å². The number of hydrogen-bond donors (Lipinski definition) is 1. The average Bonchev–Trinajstić information content (AvgIpc) is 3.22. The first-order valence-corrected chi connectivity index (χ1v) is 9.92. The van der Waals surface area contributed by atoms with Crippen LogP contribution in [0.25, 0.3) is 10.2 Å². The van der Waals surface area contributed by atoms with Crippen LogP contribution in [-0.2, 0) is 11.3 Å². The van der Waals surface area contributed by atoms with Crippen molar-refractivity contribution in [1.82, 2.24) is 14.9 Å². The Balaban J connectivity index is 1.82. The normalized spacial score (nSPS) is 16.4. The van der Waals surface area contributed by atoms with Crippen LogP contribution in [0.5, 0.6) is 0 Å². The van der Waals surface area contributed by atoms with E-state index in [2.05, 4.69) is 16.9 Å². The summed E-state index contributed by atoms with van der Waals surface area (Å²) < 4.78 is 2.24. The van der Waals surface area contributed by atoms with E-state index in [0.717, 1.165) is 12.8 Å². The van der Waals surface area contributed by atoms with Crippen molar-refractivity contribution in [2.45, 2.75) is 55.6 Å². The number of thiophene rings is 1. The number of amides is 1. The van der Waals surface area contributed by atoms with E-state index < -0.39 is 0 Å². The van der Waals surface area contributed by atoms with Crippen molar-refractivity contribution in [2.75, 3.05) is 0 Å². The minimum atomic E-state index is -0.301. The van der Waals surface area contributed by atoms with Crippen molar-refractivity contribution in [1.29, 1.82) is 0 Å². The van der Waals surface area contributed by atoms with Gasteiger partial charge in [-0.25, -0.2) is 4.98 Å². The predicted octanol–water partition coefficient (Wildman–Crippen LogP) is 3.18. The second-order valence-electron chi connectivity index (χ2n) is 5.98. The van der Waals surface area contributed by atoms with Gasteiger partial charge >= 0.3 is 0 Å². The number of nitrogens with zero attached hydrogens (tertiary/aromatic N) is 2. The number of thioether (sulfide) groups is 1. The van der Waals surface area contributed by atoms with Gasteiger partial charge in [-0.15, -0.1) is 17.9 Å². The maximum absolute atomic E-state index is 12.6. The fraction of sp³-hybridized carbons (Fsp3) is 0.471. The van der Waals surface area contributed by atoms with E-state index in [1.807, 2.05) is 18.4 Å². The number of fused-ring (bicyclic) bond motifs is 1. The number of aromatic nitrogens is 2. The number of allylic oxidation sites excluding steroid dienone is 1. The van der Waals surface area contributed by atoms with Gasteiger partial charge in [-0.1, -0.05) is 30.7 Å². The smallest absolute Gasteiger partial charge is 0.272 e. The van der Waals surface area contributed by atoms with Crippen LogP contribution in [0.1, 0.15) is 32.6 Å². The van der Waals surface area contributed by atoms with E-state index in [-0.39, 0.29) is 16.7 Å². The molecule has 0 aromatic carbocycles. The van der Waals surface area contributed by atoms with Gasteiger partial charge in [-0.2, -0.15) is 0 Å². The van der Waals surface area contributed by atoms with E-state index >= 15 is 0 Å². The molecule has 24 heavy (non-hydrogen) atoms. The molecule has 1 aliphatic rings. The van der Waals surface area contributed by atoms with Crippen molar-refractivity contribution in [3.8, 4) is 0 Å². The predicted molar refractivity (Wildman–Crippen MR) is 99.8 cm³/mol. The molecule has 3 rings (SSSR count). The Morgan fingerprint density at radius 3 is 3.04 bits per heavy atom. The lowest BCUT2D eigenvalue weighted by atomic mass is 10.2. The molecule has 1 saturated carbocycles. The van der Waals surface area contributed by atoms with Gasteiger partial charge in [0.2, 0.25) is 5.91 Å². The molecule has 2 aromatic rings. The molecule has 1 amide bonds. The molecule has 2 aromatic heterocycles. The van der Waals surface area contributed by atoms with Crippen molar-refractivity contribution in [3.63, 3.8) is 0 Å². The lowest BCUT2D eigenvalue weighted by Crippen LogP contribution is -2.38. The molecule has 1 atom stereocenters. The standard InChI is InChI=1S/C17H21N3O2S2/c1-3-9-20-16(22)14-13(8-10-23-14)19-17(20)24-11(2)15(21)18-12-6-4-5-7-12/h3,8,10-12H,1,4-7,9H2,2H3,(H,18,21). The molecule has 0 spiro atoms. The van der Waals surface area contributed by atoms with Crippen molar-refractivity contribution in [3.05, 3.63) is 34.5 Å². The van der Waals surface area contributed by atoms with Gasteiger partial charge < -0.3 is 5.32 Å². The Hall–Kier alpha value is -1.60. The summed E-state index contributed by atoms with van der Waals surface area (Å²) in [5.41, 5.74) is 0.622. The number of carbonyl (C=O) groups excluding carboxylic acids is 1. The van der Waals surface area contributed by atoms with E-state index in [1.54, 1.807) is 10.6 Å². The van der Waals surface area contributed by atoms with Gasteiger partial charge in [-0.05, 0) is 31.2 Å². The molecule has 0 aliphatic heterocycles. The Morgan fingerprint density at radius 2 is 2.33 bits per heavy atom. The molecular formula is C17H21N3O2S2. The maximum atomic E-state index is 12.6. The highest BCUT2D eigenvalue weighted by Crippen LogP contribution is 2.25. The molecule has 7 heteroatoms. The summed E-state index contributed by atoms with van der Waals surface area (Å²) >= 11 is 2.72. The zero-order chi connectivity index (χ0) is 17.1. The fourth-order valence-electron chi connectivity index (χ4n) is 2.90. The average molecular weight is 364 g/mol. The molecule has 1 fully saturated rings. The van der Waals surface area contributed by atoms with Crippen LogP contribution in [0.2, 0.25) is 0 Å². The first-order chi connectivity index (χ1) is 11.6. The van der Waals surface area contributed by atoms with Crippen LogP contribution in [-0.4, -0.2) is 26.8 Å². The second-order valence-corrected chi connectivity index (χ2v) is 8.21. The van der Waals surface area contributed by atoms with Gasteiger partial charge in [0.1, 0.15) is 4.70 Å². The topological polar surface area (TPSA) is 64.0 Å². The molecule has 0 saturated heterocycles. The number of carbonyl (C=O) groups is 1. The van der Waals surface area contributed by atoms with Crippen LogP contribution in [0.4, 0.5) is 0 Å². The highest BCUT2D eigenvalue weighted by molar-refractivity contribution is 8.00. The zero-order valence-electron chi connectivity index (χ0n) is 13.7. The van der Waals surface area contributed by atoms with Gasteiger partial charge in [0.25, 0.3) is 5.56 Å². The number of rotatable bonds is 6. The first-order valence-electron chi connectivity index (χ1n) is 8.16. The maximum Gasteiger partial charge on any atom is 0.272 e. The van der Waals surface area contributed by atoms with E-state index in [9.17, 15) is 9.59 Å². The quantitative estimate of drug-likeness (QED) is 0.486. The molecule has 1 unspecified atom stereocenters. The lowest BCUT2D eigenvalue weighted by Gasteiger charge is -2.17. The molecule has 1 aliphatic carbocycles. The molecule has 0 radical (unpaired) electrons. The van der Waals surface area contributed by atoms with Crippen molar-refractivity contribution < 1.29 is 4.79 Å². The van der Waals surface area contributed by atoms with Crippen molar-refractivity contribution >= 4 is 39.2 Å². The fourth-order valence-corrected chi connectivity index (χ4v) is 4.61. The minimum Gasteiger partial charge on any atom is -0.352 e. The Bertz CT molecular complexity index is 806. The highest BCUT2D eigenvalue weighted by atomic mass is 32.2. The summed E-state index contributed by atoms with van der Waals surface area (Å²) in [4.78, 5) is 29.6. The van der Waals surface area contributed by atoms with Crippen LogP contribution in [0.3, 0.4) is 0 Å². The molecule has 0 bridgehead atoms. The third kappa shape index (κ3) is 3.57. The highest BCUT2D eigenvalue weighted by Gasteiger charge is 2.23. The molecule has 1 N–H and O–H groups in total. The Morgan fingerprint density at radius 1 is 1.58 bits per heavy atom. The van der Waals surface area contributed by atoms with E-state index in [4.69, 9.17) is 0 Å². The summed E-state index contributed by atoms with van der Waals surface area (Å²) in [7, 11) is 0. The monoisotopic (exact) mass is 363 g/mol. The SMILES string of the molecule is C=CCn1c(SC(C)C(=O)NC2CCCC2)nc2ccsc2c1=O. The second kappa shape index (κ2) is 7.53. The summed E-state index contributed by atoms with van der Waals surface area (Å²) in [6.45, 7) is 5.96. The summed E-state index contributed by atoms with van der Waals surface area (Å²) in [5.74, 6) is 0.0108. The largest absolute Gasteiger partial charge is 0.352 e. The van der Waals surface area contributed by atoms with Gasteiger partial charge in [0.15, 0.2) is 5.16 Å². The Kier molecular flexibility index (Phi) is 5.40. The van der Waals surface area contributed by atoms with Crippen LogP contribution >= 0.6 is 23.1 Å². The third-order valence-corrected chi connectivity index (χ3v) is 6.18. The third-order valence-electron chi connectivity index (χ3n) is 4.20. The van der Waals surface area contributed by atoms with Crippen molar-refractivity contribution in [2.24, 2.45) is 0 Å². The van der Waals surface area contributed by atoms with Crippen LogP contribution in [0, 0.1) is 0 Å². The summed E-state index contributed by atoms with van der Waals surface area (Å²) in [6.07, 6.45) is 6.16. The molecule has 5 nitrogen and oxygen atoms in total. The molecule has 2 heterocycles. The summed E-state index contributed by atoms with van der Waals surface area (Å²) in [6, 6.07) is 2.13. The molecule has 128 valence electrons. The van der Waals surface area contributed by atoms with Gasteiger partial charge in [0, 0.05) is 12.6 Å². The van der Waals surface area contributed by atoms with E-state index in [1.165, 1.54) is 35.9 Å². The van der Waals surface area contributed by atoms with Gasteiger partial charge in [-0.3, -0.25) is 14.2 Å². The summed E-state index contributed by atoms with van der Waals surface area (Å²) in [5, 5.41) is 5.24. The van der Waals surface area contributed by atoms with Crippen LogP contribution in [0.15, 0.2) is 34.1 Å². The molecular weight excluding hydrogens is 342 g/mol. The van der Waals surface area contributed by atoms with E-state index in [0.29, 0.717) is 28.0 Å². The first kappa shape index (κ1) is 17.2. The minimum absolute atomic E-state index is 0.0108. The Labute approximate surface area is 149 Å². The number of hydrogen-bond acceptors (Lipinski definition) is 5. The van der Waals surface area contributed by atoms with Gasteiger partial charge in [0.05, 0.1) is 10.8 Å². The number of nitrogens with one attached hydrogen (secondary N) is 1. The zero-order valence-corrected chi connectivity index (χ0v) is 15.3. The lowest BCUT2D eigenvalue weighted by molar-refractivity contribution is -0.120.